The predicted octanol–water partition coefficient (Wildman–Crippen LogP) is 0.603. The Balaban J connectivity index is 1.78. The van der Waals surface area contributed by atoms with Crippen LogP contribution in [0.2, 0.25) is 0 Å². The lowest BCUT2D eigenvalue weighted by Gasteiger charge is -2.25. The van der Waals surface area contributed by atoms with Gasteiger partial charge in [0.25, 0.3) is 0 Å². The van der Waals surface area contributed by atoms with Crippen molar-refractivity contribution >= 4 is 5.91 Å². The Hall–Kier alpha value is -0.910. The maximum atomic E-state index is 12.2. The summed E-state index contributed by atoms with van der Waals surface area (Å²) in [5.74, 6) is 0.0591. The number of ether oxygens (including phenoxy) is 1. The Morgan fingerprint density at radius 3 is 2.90 bits per heavy atom. The van der Waals surface area contributed by atoms with Crippen molar-refractivity contribution < 1.29 is 9.53 Å². The number of carbonyl (C=O) groups excluding carboxylic acids is 1. The minimum absolute atomic E-state index is 0.0591. The minimum Gasteiger partial charge on any atom is -0.377 e. The van der Waals surface area contributed by atoms with E-state index in [1.807, 2.05) is 4.90 Å². The highest BCUT2D eigenvalue weighted by Crippen LogP contribution is 2.15. The number of hydrogen-bond donors (Lipinski definition) is 1. The Morgan fingerprint density at radius 2 is 2.20 bits per heavy atom. The topological polar surface area (TPSA) is 58.8 Å². The van der Waals surface area contributed by atoms with Crippen LogP contribution in [0.5, 0.6) is 0 Å². The van der Waals surface area contributed by atoms with E-state index in [0.29, 0.717) is 12.5 Å². The van der Waals surface area contributed by atoms with Crippen molar-refractivity contribution in [3.8, 4) is 0 Å². The second kappa shape index (κ2) is 7.76. The van der Waals surface area contributed by atoms with Crippen LogP contribution in [0.25, 0.3) is 0 Å². The average Bonchev–Trinajstić information content (AvgIpc) is 2.83. The molecule has 2 saturated heterocycles. The van der Waals surface area contributed by atoms with Crippen LogP contribution in [0.3, 0.4) is 0 Å². The summed E-state index contributed by atoms with van der Waals surface area (Å²) in [6, 6.07) is -0.433. The standard InChI is InChI=1S/C15H27N3O2/c1-2-5-14(16)15(19)18-8-4-7-17(9-10-18)12-13-6-3-11-20-13/h2,13-14H,1,3-12,16H2. The molecule has 0 aromatic heterocycles. The highest BCUT2D eigenvalue weighted by molar-refractivity contribution is 5.81. The molecule has 20 heavy (non-hydrogen) atoms. The largest absolute Gasteiger partial charge is 0.377 e. The zero-order chi connectivity index (χ0) is 14.4. The summed E-state index contributed by atoms with van der Waals surface area (Å²) in [4.78, 5) is 16.5. The van der Waals surface area contributed by atoms with Crippen LogP contribution in [0.4, 0.5) is 0 Å². The molecular formula is C15H27N3O2. The van der Waals surface area contributed by atoms with Gasteiger partial charge in [-0.25, -0.2) is 0 Å². The van der Waals surface area contributed by atoms with E-state index in [9.17, 15) is 4.79 Å². The molecule has 2 unspecified atom stereocenters. The van der Waals surface area contributed by atoms with E-state index in [-0.39, 0.29) is 5.91 Å². The average molecular weight is 281 g/mol. The lowest BCUT2D eigenvalue weighted by Crippen LogP contribution is -2.45. The lowest BCUT2D eigenvalue weighted by atomic mass is 10.2. The van der Waals surface area contributed by atoms with Gasteiger partial charge in [-0.3, -0.25) is 9.69 Å². The van der Waals surface area contributed by atoms with Crippen molar-refractivity contribution in [1.29, 1.82) is 0 Å². The summed E-state index contributed by atoms with van der Waals surface area (Å²) in [5, 5.41) is 0. The van der Waals surface area contributed by atoms with Gasteiger partial charge in [0, 0.05) is 32.8 Å². The van der Waals surface area contributed by atoms with E-state index in [2.05, 4.69) is 11.5 Å². The third kappa shape index (κ3) is 4.30. The molecule has 0 bridgehead atoms. The van der Waals surface area contributed by atoms with Gasteiger partial charge < -0.3 is 15.4 Å². The highest BCUT2D eigenvalue weighted by Gasteiger charge is 2.25. The zero-order valence-electron chi connectivity index (χ0n) is 12.3. The normalized spacial score (nSPS) is 26.2. The molecule has 2 atom stereocenters. The van der Waals surface area contributed by atoms with Crippen LogP contribution < -0.4 is 5.73 Å². The molecule has 0 aromatic carbocycles. The fraction of sp³-hybridized carbons (Fsp3) is 0.800. The highest BCUT2D eigenvalue weighted by atomic mass is 16.5. The molecule has 2 fully saturated rings. The molecule has 0 saturated carbocycles. The Morgan fingerprint density at radius 1 is 1.35 bits per heavy atom. The van der Waals surface area contributed by atoms with Gasteiger partial charge >= 0.3 is 0 Å². The first-order valence-corrected chi connectivity index (χ1v) is 7.70. The second-order valence-electron chi connectivity index (χ2n) is 5.75. The summed E-state index contributed by atoms with van der Waals surface area (Å²) < 4.78 is 5.69. The third-order valence-corrected chi connectivity index (χ3v) is 4.12. The van der Waals surface area contributed by atoms with E-state index in [1.165, 1.54) is 12.8 Å². The van der Waals surface area contributed by atoms with Gasteiger partial charge in [0.05, 0.1) is 12.1 Å². The number of nitrogens with two attached hydrogens (primary N) is 1. The Labute approximate surface area is 121 Å². The van der Waals surface area contributed by atoms with Gasteiger partial charge in [-0.2, -0.15) is 0 Å². The molecule has 2 rings (SSSR count). The van der Waals surface area contributed by atoms with Gasteiger partial charge in [-0.05, 0) is 32.2 Å². The number of nitrogens with zero attached hydrogens (tertiary/aromatic N) is 2. The molecule has 2 aliphatic heterocycles. The van der Waals surface area contributed by atoms with Crippen LogP contribution in [-0.2, 0) is 9.53 Å². The Bertz CT molecular complexity index is 329. The van der Waals surface area contributed by atoms with Gasteiger partial charge in [0.1, 0.15) is 0 Å². The molecule has 1 amide bonds. The summed E-state index contributed by atoms with van der Waals surface area (Å²) in [7, 11) is 0. The minimum atomic E-state index is -0.433. The Kier molecular flexibility index (Phi) is 6.01. The summed E-state index contributed by atoms with van der Waals surface area (Å²) >= 11 is 0. The third-order valence-electron chi connectivity index (χ3n) is 4.12. The zero-order valence-corrected chi connectivity index (χ0v) is 12.3. The molecule has 2 heterocycles. The van der Waals surface area contributed by atoms with E-state index in [0.717, 1.165) is 45.8 Å². The van der Waals surface area contributed by atoms with Crippen molar-refractivity contribution in [2.75, 3.05) is 39.3 Å². The van der Waals surface area contributed by atoms with Crippen molar-refractivity contribution in [2.24, 2.45) is 5.73 Å². The van der Waals surface area contributed by atoms with Crippen LogP contribution in [0.1, 0.15) is 25.7 Å². The van der Waals surface area contributed by atoms with E-state index in [4.69, 9.17) is 10.5 Å². The van der Waals surface area contributed by atoms with Crippen LogP contribution in [0.15, 0.2) is 12.7 Å². The van der Waals surface area contributed by atoms with Gasteiger partial charge in [-0.1, -0.05) is 6.08 Å². The molecule has 0 aromatic rings. The maximum absolute atomic E-state index is 12.2. The molecule has 0 aliphatic carbocycles. The van der Waals surface area contributed by atoms with Gasteiger partial charge in [0.2, 0.25) is 5.91 Å². The van der Waals surface area contributed by atoms with Crippen LogP contribution in [0, 0.1) is 0 Å². The smallest absolute Gasteiger partial charge is 0.239 e. The fourth-order valence-electron chi connectivity index (χ4n) is 2.97. The number of carbonyl (C=O) groups is 1. The molecular weight excluding hydrogens is 254 g/mol. The number of amides is 1. The SMILES string of the molecule is C=CCC(N)C(=O)N1CCCN(CC2CCCO2)CC1. The van der Waals surface area contributed by atoms with Crippen LogP contribution >= 0.6 is 0 Å². The van der Waals surface area contributed by atoms with E-state index >= 15 is 0 Å². The second-order valence-corrected chi connectivity index (χ2v) is 5.75. The van der Waals surface area contributed by atoms with Crippen molar-refractivity contribution in [2.45, 2.75) is 37.8 Å². The summed E-state index contributed by atoms with van der Waals surface area (Å²) in [6.07, 6.45) is 6.02. The van der Waals surface area contributed by atoms with E-state index < -0.39 is 6.04 Å². The molecule has 5 nitrogen and oxygen atoms in total. The lowest BCUT2D eigenvalue weighted by molar-refractivity contribution is -0.132. The van der Waals surface area contributed by atoms with Crippen molar-refractivity contribution in [1.82, 2.24) is 9.80 Å². The maximum Gasteiger partial charge on any atom is 0.239 e. The molecule has 0 radical (unpaired) electrons. The van der Waals surface area contributed by atoms with Gasteiger partial charge in [0.15, 0.2) is 0 Å². The van der Waals surface area contributed by atoms with Crippen molar-refractivity contribution in [3.63, 3.8) is 0 Å². The first-order chi connectivity index (χ1) is 9.70. The number of hydrogen-bond acceptors (Lipinski definition) is 4. The predicted molar refractivity (Wildman–Crippen MR) is 79.4 cm³/mol. The fourth-order valence-corrected chi connectivity index (χ4v) is 2.97. The summed E-state index contributed by atoms with van der Waals surface area (Å²) in [5.41, 5.74) is 5.88. The monoisotopic (exact) mass is 281 g/mol. The van der Waals surface area contributed by atoms with Crippen molar-refractivity contribution in [3.05, 3.63) is 12.7 Å². The summed E-state index contributed by atoms with van der Waals surface area (Å²) in [6.45, 7) is 9.10. The van der Waals surface area contributed by atoms with E-state index in [1.54, 1.807) is 6.08 Å². The molecule has 2 aliphatic rings. The van der Waals surface area contributed by atoms with Crippen LogP contribution in [-0.4, -0.2) is 67.2 Å². The van der Waals surface area contributed by atoms with Gasteiger partial charge in [-0.15, -0.1) is 6.58 Å². The molecule has 114 valence electrons. The first-order valence-electron chi connectivity index (χ1n) is 7.70. The molecule has 2 N–H and O–H groups in total. The molecule has 0 spiro atoms. The quantitative estimate of drug-likeness (QED) is 0.750. The first kappa shape index (κ1) is 15.5. The molecule has 5 heteroatoms. The number of rotatable bonds is 5.